The van der Waals surface area contributed by atoms with Crippen LogP contribution in [0.1, 0.15) is 17.2 Å². The minimum Gasteiger partial charge on any atom is -0.497 e. The maximum Gasteiger partial charge on any atom is 0.231 e. The zero-order valence-corrected chi connectivity index (χ0v) is 14.3. The van der Waals surface area contributed by atoms with E-state index in [1.165, 1.54) is 5.56 Å². The standard InChI is InChI=1S/C21H22O4/c1-3-18-16(9-14-5-4-6-17(10-14)22-2)12-23-21(18)15-7-8-19-20(11-15)25-13-24-19/h3-8,10-11,16,18,21H,1,9,12-13H2,2H3/t16-,18+,21-/m1/s1. The molecule has 3 atom stereocenters. The number of fused-ring (bicyclic) bond motifs is 1. The van der Waals surface area contributed by atoms with E-state index in [9.17, 15) is 0 Å². The van der Waals surface area contributed by atoms with Crippen molar-refractivity contribution in [3.8, 4) is 17.2 Å². The van der Waals surface area contributed by atoms with Gasteiger partial charge < -0.3 is 18.9 Å². The summed E-state index contributed by atoms with van der Waals surface area (Å²) in [5.74, 6) is 3.12. The second-order valence-corrected chi connectivity index (χ2v) is 6.50. The number of methoxy groups -OCH3 is 1. The van der Waals surface area contributed by atoms with Gasteiger partial charge in [-0.3, -0.25) is 0 Å². The Balaban J connectivity index is 1.53. The fraction of sp³-hybridized carbons (Fsp3) is 0.333. The first-order valence-electron chi connectivity index (χ1n) is 8.55. The summed E-state index contributed by atoms with van der Waals surface area (Å²) >= 11 is 0. The zero-order chi connectivity index (χ0) is 17.2. The number of ether oxygens (including phenoxy) is 4. The van der Waals surface area contributed by atoms with E-state index in [4.69, 9.17) is 18.9 Å². The number of benzene rings is 2. The molecule has 0 spiro atoms. The van der Waals surface area contributed by atoms with Gasteiger partial charge in [0.2, 0.25) is 6.79 Å². The van der Waals surface area contributed by atoms with Crippen molar-refractivity contribution in [1.82, 2.24) is 0 Å². The molecule has 1 fully saturated rings. The molecule has 0 bridgehead atoms. The Labute approximate surface area is 148 Å². The van der Waals surface area contributed by atoms with E-state index in [2.05, 4.69) is 24.8 Å². The van der Waals surface area contributed by atoms with Gasteiger partial charge in [0.05, 0.1) is 19.8 Å². The van der Waals surface area contributed by atoms with Crippen molar-refractivity contribution >= 4 is 0 Å². The molecule has 4 rings (SSSR count). The van der Waals surface area contributed by atoms with Gasteiger partial charge in [-0.15, -0.1) is 6.58 Å². The van der Waals surface area contributed by atoms with Gasteiger partial charge in [0.15, 0.2) is 11.5 Å². The van der Waals surface area contributed by atoms with Gasteiger partial charge in [0, 0.05) is 5.92 Å². The van der Waals surface area contributed by atoms with Crippen LogP contribution >= 0.6 is 0 Å². The lowest BCUT2D eigenvalue weighted by Gasteiger charge is -2.20. The Morgan fingerprint density at radius 2 is 2.04 bits per heavy atom. The van der Waals surface area contributed by atoms with Gasteiger partial charge in [0.25, 0.3) is 0 Å². The molecule has 2 aromatic rings. The number of rotatable bonds is 5. The van der Waals surface area contributed by atoms with Crippen molar-refractivity contribution in [2.24, 2.45) is 11.8 Å². The van der Waals surface area contributed by atoms with E-state index < -0.39 is 0 Å². The summed E-state index contributed by atoms with van der Waals surface area (Å²) in [6.45, 7) is 5.06. The second kappa shape index (κ2) is 6.81. The van der Waals surface area contributed by atoms with Crippen LogP contribution in [0.25, 0.3) is 0 Å². The lowest BCUT2D eigenvalue weighted by Crippen LogP contribution is -2.15. The van der Waals surface area contributed by atoms with Crippen molar-refractivity contribution in [3.05, 3.63) is 66.2 Å². The molecule has 25 heavy (non-hydrogen) atoms. The highest BCUT2D eigenvalue weighted by atomic mass is 16.7. The largest absolute Gasteiger partial charge is 0.497 e. The Morgan fingerprint density at radius 3 is 2.88 bits per heavy atom. The van der Waals surface area contributed by atoms with Crippen molar-refractivity contribution in [1.29, 1.82) is 0 Å². The topological polar surface area (TPSA) is 36.9 Å². The molecule has 2 aliphatic heterocycles. The minimum atomic E-state index is 0.00241. The molecular weight excluding hydrogens is 316 g/mol. The summed E-state index contributed by atoms with van der Waals surface area (Å²) < 4.78 is 22.4. The predicted octanol–water partition coefficient (Wildman–Crippen LogP) is 4.16. The molecule has 1 saturated heterocycles. The molecular formula is C21H22O4. The number of hydrogen-bond acceptors (Lipinski definition) is 4. The van der Waals surface area contributed by atoms with E-state index in [0.717, 1.165) is 29.2 Å². The van der Waals surface area contributed by atoms with Crippen LogP contribution in [-0.2, 0) is 11.2 Å². The van der Waals surface area contributed by atoms with Crippen LogP contribution < -0.4 is 14.2 Å². The first-order chi connectivity index (χ1) is 12.3. The smallest absolute Gasteiger partial charge is 0.231 e. The Morgan fingerprint density at radius 1 is 1.16 bits per heavy atom. The fourth-order valence-corrected chi connectivity index (χ4v) is 3.72. The first kappa shape index (κ1) is 16.0. The van der Waals surface area contributed by atoms with Crippen molar-refractivity contribution < 1.29 is 18.9 Å². The van der Waals surface area contributed by atoms with Gasteiger partial charge in [0.1, 0.15) is 5.75 Å². The quantitative estimate of drug-likeness (QED) is 0.767. The molecule has 130 valence electrons. The van der Waals surface area contributed by atoms with Crippen LogP contribution in [0.5, 0.6) is 17.2 Å². The number of hydrogen-bond donors (Lipinski definition) is 0. The zero-order valence-electron chi connectivity index (χ0n) is 14.3. The Bertz CT molecular complexity index is 770. The summed E-state index contributed by atoms with van der Waals surface area (Å²) in [5, 5.41) is 0. The van der Waals surface area contributed by atoms with Crippen LogP contribution in [0.15, 0.2) is 55.1 Å². The Kier molecular flexibility index (Phi) is 4.36. The maximum absolute atomic E-state index is 6.14. The van der Waals surface area contributed by atoms with E-state index in [0.29, 0.717) is 12.5 Å². The fourth-order valence-electron chi connectivity index (χ4n) is 3.72. The maximum atomic E-state index is 6.14. The average Bonchev–Trinajstić information content (AvgIpc) is 3.27. The molecule has 0 aromatic heterocycles. The molecule has 4 heteroatoms. The van der Waals surface area contributed by atoms with Crippen LogP contribution in [0.4, 0.5) is 0 Å². The molecule has 2 aromatic carbocycles. The molecule has 4 nitrogen and oxygen atoms in total. The average molecular weight is 338 g/mol. The van der Waals surface area contributed by atoms with Crippen LogP contribution in [-0.4, -0.2) is 20.5 Å². The van der Waals surface area contributed by atoms with E-state index in [1.54, 1.807) is 7.11 Å². The van der Waals surface area contributed by atoms with Crippen LogP contribution in [0.2, 0.25) is 0 Å². The molecule has 2 heterocycles. The van der Waals surface area contributed by atoms with E-state index in [1.807, 2.05) is 30.3 Å². The molecule has 0 aliphatic carbocycles. The first-order valence-corrected chi connectivity index (χ1v) is 8.55. The van der Waals surface area contributed by atoms with Gasteiger partial charge in [-0.1, -0.05) is 24.3 Å². The molecule has 0 radical (unpaired) electrons. The van der Waals surface area contributed by atoms with Crippen LogP contribution in [0, 0.1) is 11.8 Å². The molecule has 0 amide bonds. The molecule has 2 aliphatic rings. The summed E-state index contributed by atoms with van der Waals surface area (Å²) in [6, 6.07) is 14.3. The van der Waals surface area contributed by atoms with Crippen molar-refractivity contribution in [2.75, 3.05) is 20.5 Å². The van der Waals surface area contributed by atoms with Crippen LogP contribution in [0.3, 0.4) is 0 Å². The highest BCUT2D eigenvalue weighted by Gasteiger charge is 2.36. The predicted molar refractivity (Wildman–Crippen MR) is 95.1 cm³/mol. The highest BCUT2D eigenvalue weighted by molar-refractivity contribution is 5.45. The highest BCUT2D eigenvalue weighted by Crippen LogP contribution is 2.43. The van der Waals surface area contributed by atoms with Gasteiger partial charge >= 0.3 is 0 Å². The summed E-state index contributed by atoms with van der Waals surface area (Å²) in [4.78, 5) is 0. The summed E-state index contributed by atoms with van der Waals surface area (Å²) in [7, 11) is 1.69. The SMILES string of the molecule is C=C[C@H]1[C@H](Cc2cccc(OC)c2)CO[C@@H]1c1ccc2c(c1)OCO2. The van der Waals surface area contributed by atoms with Crippen molar-refractivity contribution in [2.45, 2.75) is 12.5 Å². The van der Waals surface area contributed by atoms with E-state index >= 15 is 0 Å². The summed E-state index contributed by atoms with van der Waals surface area (Å²) in [5.41, 5.74) is 2.37. The second-order valence-electron chi connectivity index (χ2n) is 6.50. The third kappa shape index (κ3) is 3.10. The van der Waals surface area contributed by atoms with E-state index in [-0.39, 0.29) is 18.8 Å². The lowest BCUT2D eigenvalue weighted by molar-refractivity contribution is 0.0975. The minimum absolute atomic E-state index is 0.00241. The molecule has 0 N–H and O–H groups in total. The lowest BCUT2D eigenvalue weighted by atomic mass is 9.84. The molecule has 0 saturated carbocycles. The third-order valence-electron chi connectivity index (χ3n) is 5.01. The third-order valence-corrected chi connectivity index (χ3v) is 5.01. The molecule has 0 unspecified atom stereocenters. The van der Waals surface area contributed by atoms with Gasteiger partial charge in [-0.2, -0.15) is 0 Å². The van der Waals surface area contributed by atoms with Gasteiger partial charge in [-0.25, -0.2) is 0 Å². The monoisotopic (exact) mass is 338 g/mol. The van der Waals surface area contributed by atoms with Crippen molar-refractivity contribution in [3.63, 3.8) is 0 Å². The van der Waals surface area contributed by atoms with Gasteiger partial charge in [-0.05, 0) is 47.7 Å². The summed E-state index contributed by atoms with van der Waals surface area (Å²) in [6.07, 6.45) is 2.96. The Hall–Kier alpha value is -2.46. The normalized spacial score (nSPS) is 24.3.